The van der Waals surface area contributed by atoms with Crippen molar-refractivity contribution in [1.82, 2.24) is 5.32 Å². The quantitative estimate of drug-likeness (QED) is 0.503. The molecule has 63 valence electrons. The highest BCUT2D eigenvalue weighted by atomic mass is 15.0. The molecular formula is C10H13N2. The van der Waals surface area contributed by atoms with E-state index in [2.05, 4.69) is 11.4 Å². The molecule has 0 heterocycles. The van der Waals surface area contributed by atoms with E-state index in [1.807, 2.05) is 38.1 Å². The van der Waals surface area contributed by atoms with Crippen LogP contribution in [0.3, 0.4) is 0 Å². The van der Waals surface area contributed by atoms with E-state index in [1.165, 1.54) is 0 Å². The molecule has 1 rings (SSSR count). The summed E-state index contributed by atoms with van der Waals surface area (Å²) in [4.78, 5) is 0. The van der Waals surface area contributed by atoms with Crippen LogP contribution in [-0.2, 0) is 0 Å². The molecule has 12 heavy (non-hydrogen) atoms. The average Bonchev–Trinajstić information content (AvgIpc) is 2.05. The maximum Gasteiger partial charge on any atom is 0.125 e. The second kappa shape index (κ2) is 3.90. The third kappa shape index (κ3) is 2.38. The van der Waals surface area contributed by atoms with Gasteiger partial charge < -0.3 is 5.32 Å². The Hall–Kier alpha value is -1.31. The minimum Gasteiger partial charge on any atom is -0.368 e. The van der Waals surface area contributed by atoms with Crippen LogP contribution in [0.2, 0.25) is 0 Å². The first-order chi connectivity index (χ1) is 5.70. The lowest BCUT2D eigenvalue weighted by atomic mass is 10.2. The van der Waals surface area contributed by atoms with Crippen molar-refractivity contribution in [2.45, 2.75) is 19.9 Å². The Balaban J connectivity index is 2.66. The van der Waals surface area contributed by atoms with E-state index in [0.29, 0.717) is 11.9 Å². The third-order valence-electron chi connectivity index (χ3n) is 1.44. The summed E-state index contributed by atoms with van der Waals surface area (Å²) in [5.41, 5.74) is 0.905. The highest BCUT2D eigenvalue weighted by Crippen LogP contribution is 1.97. The van der Waals surface area contributed by atoms with Crippen LogP contribution in [-0.4, -0.2) is 11.9 Å². The molecule has 2 heteroatoms. The van der Waals surface area contributed by atoms with Gasteiger partial charge in [-0.1, -0.05) is 24.3 Å². The van der Waals surface area contributed by atoms with Crippen molar-refractivity contribution in [3.63, 3.8) is 0 Å². The molecule has 0 amide bonds. The molecule has 0 aliphatic heterocycles. The van der Waals surface area contributed by atoms with E-state index >= 15 is 0 Å². The number of hydrogen-bond donors (Lipinski definition) is 2. The van der Waals surface area contributed by atoms with Crippen molar-refractivity contribution >= 4 is 5.84 Å². The lowest BCUT2D eigenvalue weighted by molar-refractivity contribution is 0.731. The summed E-state index contributed by atoms with van der Waals surface area (Å²) in [6.45, 7) is 4.03. The monoisotopic (exact) mass is 161 g/mol. The predicted molar refractivity (Wildman–Crippen MR) is 50.4 cm³/mol. The van der Waals surface area contributed by atoms with Crippen LogP contribution in [0.15, 0.2) is 24.3 Å². The van der Waals surface area contributed by atoms with E-state index in [0.717, 1.165) is 5.56 Å². The third-order valence-corrected chi connectivity index (χ3v) is 1.44. The van der Waals surface area contributed by atoms with E-state index in [4.69, 9.17) is 5.41 Å². The molecule has 1 aromatic carbocycles. The van der Waals surface area contributed by atoms with Crippen LogP contribution in [0.4, 0.5) is 0 Å². The molecule has 0 aromatic heterocycles. The number of nitrogens with one attached hydrogen (secondary N) is 2. The first-order valence-electron chi connectivity index (χ1n) is 4.01. The van der Waals surface area contributed by atoms with Gasteiger partial charge in [0, 0.05) is 11.6 Å². The standard InChI is InChI=1S/C10H13N2/c1-8(2)12-10(11)9-6-4-3-5-7-9/h4-8H,1-2H3,(H2,11,12). The largest absolute Gasteiger partial charge is 0.368 e. The van der Waals surface area contributed by atoms with Crippen molar-refractivity contribution in [2.75, 3.05) is 0 Å². The Bertz CT molecular complexity index is 252. The summed E-state index contributed by atoms with van der Waals surface area (Å²) in [6.07, 6.45) is 0. The molecule has 0 aliphatic carbocycles. The molecule has 0 atom stereocenters. The SMILES string of the molecule is CC(C)NC(=N)c1cc[c]cc1. The average molecular weight is 161 g/mol. The fourth-order valence-electron chi connectivity index (χ4n) is 0.926. The molecule has 1 radical (unpaired) electrons. The van der Waals surface area contributed by atoms with Gasteiger partial charge in [0.2, 0.25) is 0 Å². The van der Waals surface area contributed by atoms with Gasteiger partial charge in [0.15, 0.2) is 0 Å². The predicted octanol–water partition coefficient (Wildman–Crippen LogP) is 1.81. The van der Waals surface area contributed by atoms with Crippen molar-refractivity contribution in [2.24, 2.45) is 0 Å². The first-order valence-corrected chi connectivity index (χ1v) is 4.01. The first kappa shape index (κ1) is 8.78. The lowest BCUT2D eigenvalue weighted by Crippen LogP contribution is -2.29. The van der Waals surface area contributed by atoms with Crippen molar-refractivity contribution < 1.29 is 0 Å². The maximum absolute atomic E-state index is 7.64. The van der Waals surface area contributed by atoms with E-state index in [1.54, 1.807) is 0 Å². The zero-order valence-electron chi connectivity index (χ0n) is 7.39. The molecule has 2 nitrogen and oxygen atoms in total. The number of rotatable bonds is 2. The van der Waals surface area contributed by atoms with Crippen LogP contribution >= 0.6 is 0 Å². The topological polar surface area (TPSA) is 35.9 Å². The molecule has 0 spiro atoms. The summed E-state index contributed by atoms with van der Waals surface area (Å²) in [5, 5.41) is 10.7. The van der Waals surface area contributed by atoms with Gasteiger partial charge in [0.25, 0.3) is 0 Å². The summed E-state index contributed by atoms with van der Waals surface area (Å²) < 4.78 is 0. The Kier molecular flexibility index (Phi) is 2.86. The highest BCUT2D eigenvalue weighted by Gasteiger charge is 2.00. The lowest BCUT2D eigenvalue weighted by Gasteiger charge is -2.10. The molecule has 0 saturated carbocycles. The van der Waals surface area contributed by atoms with Gasteiger partial charge >= 0.3 is 0 Å². The number of amidine groups is 1. The smallest absolute Gasteiger partial charge is 0.125 e. The number of hydrogen-bond acceptors (Lipinski definition) is 1. The Morgan fingerprint density at radius 2 is 2.00 bits per heavy atom. The van der Waals surface area contributed by atoms with Gasteiger partial charge in [-0.15, -0.1) is 0 Å². The van der Waals surface area contributed by atoms with Crippen molar-refractivity contribution in [3.8, 4) is 0 Å². The van der Waals surface area contributed by atoms with Gasteiger partial charge in [0.05, 0.1) is 0 Å². The molecule has 0 unspecified atom stereocenters. The van der Waals surface area contributed by atoms with Crippen molar-refractivity contribution in [3.05, 3.63) is 35.9 Å². The van der Waals surface area contributed by atoms with Gasteiger partial charge in [-0.25, -0.2) is 0 Å². The Morgan fingerprint density at radius 3 is 2.50 bits per heavy atom. The summed E-state index contributed by atoms with van der Waals surface area (Å²) in [5.74, 6) is 0.471. The van der Waals surface area contributed by atoms with E-state index < -0.39 is 0 Å². The minimum absolute atomic E-state index is 0.307. The van der Waals surface area contributed by atoms with Crippen LogP contribution in [0.25, 0.3) is 0 Å². The van der Waals surface area contributed by atoms with Crippen molar-refractivity contribution in [1.29, 1.82) is 5.41 Å². The zero-order valence-corrected chi connectivity index (χ0v) is 7.39. The van der Waals surface area contributed by atoms with Crippen LogP contribution in [0.1, 0.15) is 19.4 Å². The summed E-state index contributed by atoms with van der Waals surface area (Å²) >= 11 is 0. The van der Waals surface area contributed by atoms with E-state index in [-0.39, 0.29) is 0 Å². The van der Waals surface area contributed by atoms with Crippen LogP contribution in [0, 0.1) is 11.5 Å². The van der Waals surface area contributed by atoms with Crippen LogP contribution < -0.4 is 5.32 Å². The highest BCUT2D eigenvalue weighted by molar-refractivity contribution is 5.96. The Morgan fingerprint density at radius 1 is 1.42 bits per heavy atom. The fraction of sp³-hybridized carbons (Fsp3) is 0.300. The molecular weight excluding hydrogens is 148 g/mol. The molecule has 0 bridgehead atoms. The zero-order chi connectivity index (χ0) is 8.97. The second-order valence-electron chi connectivity index (χ2n) is 2.96. The maximum atomic E-state index is 7.64. The second-order valence-corrected chi connectivity index (χ2v) is 2.96. The molecule has 0 aliphatic rings. The van der Waals surface area contributed by atoms with E-state index in [9.17, 15) is 0 Å². The summed E-state index contributed by atoms with van der Waals surface area (Å²) in [6, 6.07) is 10.6. The molecule has 0 fully saturated rings. The Labute approximate surface area is 73.1 Å². The molecule has 0 saturated heterocycles. The molecule has 2 N–H and O–H groups in total. The fourth-order valence-corrected chi connectivity index (χ4v) is 0.926. The van der Waals surface area contributed by atoms with Crippen LogP contribution in [0.5, 0.6) is 0 Å². The van der Waals surface area contributed by atoms with Gasteiger partial charge in [-0.3, -0.25) is 5.41 Å². The van der Waals surface area contributed by atoms with Gasteiger partial charge in [-0.2, -0.15) is 0 Å². The summed E-state index contributed by atoms with van der Waals surface area (Å²) in [7, 11) is 0. The van der Waals surface area contributed by atoms with Gasteiger partial charge in [-0.05, 0) is 19.9 Å². The molecule has 1 aromatic rings. The number of benzene rings is 1. The van der Waals surface area contributed by atoms with Gasteiger partial charge in [0.1, 0.15) is 5.84 Å². The minimum atomic E-state index is 0.307. The normalized spacial score (nSPS) is 9.92.